The van der Waals surface area contributed by atoms with Gasteiger partial charge in [-0.25, -0.2) is 19.4 Å². The zero-order valence-corrected chi connectivity index (χ0v) is 29.1. The molecule has 17 heteroatoms. The number of hydrogen-bond donors (Lipinski definition) is 3. The molecule has 0 bridgehead atoms. The van der Waals surface area contributed by atoms with Crippen molar-refractivity contribution in [2.75, 3.05) is 44.5 Å². The van der Waals surface area contributed by atoms with Crippen LogP contribution in [-0.4, -0.2) is 75.6 Å². The van der Waals surface area contributed by atoms with Gasteiger partial charge in [-0.1, -0.05) is 62.9 Å². The summed E-state index contributed by atoms with van der Waals surface area (Å²) >= 11 is 1.03. The number of alkyl carbamates (subject to hydrolysis) is 1. The second kappa shape index (κ2) is 16.7. The van der Waals surface area contributed by atoms with Crippen LogP contribution in [0.5, 0.6) is 5.88 Å². The minimum absolute atomic E-state index is 0.00745. The van der Waals surface area contributed by atoms with E-state index in [-0.39, 0.29) is 55.6 Å². The Labute approximate surface area is 278 Å². The third kappa shape index (κ3) is 10.1. The molecule has 2 aromatic heterocycles. The molecule has 1 amide bonds. The fourth-order valence-corrected chi connectivity index (χ4v) is 7.09. The van der Waals surface area contributed by atoms with E-state index in [1.807, 2.05) is 44.2 Å². The van der Waals surface area contributed by atoms with E-state index in [2.05, 4.69) is 25.4 Å². The monoisotopic (exact) mass is 693 g/mol. The molecule has 4 unspecified atom stereocenters. The maximum absolute atomic E-state index is 13.9. The zero-order chi connectivity index (χ0) is 34.0. The third-order valence-corrected chi connectivity index (χ3v) is 9.99. The Bertz CT molecular complexity index is 1540. The van der Waals surface area contributed by atoms with Crippen LogP contribution in [-0.2, 0) is 34.4 Å². The molecule has 47 heavy (non-hydrogen) atoms. The molecule has 3 aromatic rings. The van der Waals surface area contributed by atoms with Gasteiger partial charge >= 0.3 is 13.8 Å². The number of nitrogen functional groups attached to an aromatic ring is 1. The van der Waals surface area contributed by atoms with Gasteiger partial charge in [0, 0.05) is 24.8 Å². The Kier molecular flexibility index (Phi) is 13.0. The van der Waals surface area contributed by atoms with Crippen LogP contribution in [0.15, 0.2) is 36.7 Å². The molecular formula is C30H44N7O8PS. The lowest BCUT2D eigenvalue weighted by molar-refractivity contribution is -0.117. The number of amides is 1. The summed E-state index contributed by atoms with van der Waals surface area (Å²) in [5.74, 6) is 0.629. The van der Waals surface area contributed by atoms with Gasteiger partial charge < -0.3 is 25.3 Å². The van der Waals surface area contributed by atoms with E-state index in [0.29, 0.717) is 30.1 Å². The topological polar surface area (TPSA) is 191 Å². The number of nitrogens with two attached hydrogens (primary N) is 1. The summed E-state index contributed by atoms with van der Waals surface area (Å²) in [5, 5.41) is 5.38. The lowest BCUT2D eigenvalue weighted by Gasteiger charge is -2.23. The highest BCUT2D eigenvalue weighted by molar-refractivity contribution is 8.13. The first-order chi connectivity index (χ1) is 22.4. The fourth-order valence-electron chi connectivity index (χ4n) is 4.82. The average Bonchev–Trinajstić information content (AvgIpc) is 3.63. The predicted molar refractivity (Wildman–Crippen MR) is 178 cm³/mol. The molecule has 1 fully saturated rings. The van der Waals surface area contributed by atoms with E-state index < -0.39 is 31.6 Å². The van der Waals surface area contributed by atoms with Gasteiger partial charge in [-0.05, 0) is 25.8 Å². The Morgan fingerprint density at radius 1 is 1.17 bits per heavy atom. The van der Waals surface area contributed by atoms with Gasteiger partial charge in [0.2, 0.25) is 11.8 Å². The number of anilines is 1. The maximum Gasteiger partial charge on any atom is 0.407 e. The number of nitrogens with one attached hydrogen (secondary N) is 2. The zero-order valence-electron chi connectivity index (χ0n) is 27.3. The first-order valence-corrected chi connectivity index (χ1v) is 18.0. The van der Waals surface area contributed by atoms with Crippen LogP contribution in [0.2, 0.25) is 0 Å². The number of fused-ring (bicyclic) bond motifs is 1. The van der Waals surface area contributed by atoms with E-state index in [4.69, 9.17) is 29.0 Å². The van der Waals surface area contributed by atoms with Crippen LogP contribution in [0, 0.1) is 11.3 Å². The number of carbonyl (C=O) groups is 2. The number of thioether (sulfide) groups is 1. The van der Waals surface area contributed by atoms with Gasteiger partial charge in [0.25, 0.3) is 0 Å². The molecule has 4 atom stereocenters. The van der Waals surface area contributed by atoms with Crippen LogP contribution < -0.4 is 20.9 Å². The van der Waals surface area contributed by atoms with Gasteiger partial charge in [0.1, 0.15) is 6.23 Å². The summed E-state index contributed by atoms with van der Waals surface area (Å²) in [6, 6.07) is 9.45. The first kappa shape index (κ1) is 36.6. The van der Waals surface area contributed by atoms with Crippen LogP contribution in [0.25, 0.3) is 11.2 Å². The molecule has 3 heterocycles. The lowest BCUT2D eigenvalue weighted by Crippen LogP contribution is -2.38. The molecule has 4 N–H and O–H groups in total. The third-order valence-electron chi connectivity index (χ3n) is 7.25. The summed E-state index contributed by atoms with van der Waals surface area (Å²) in [7, 11) is -3.83. The van der Waals surface area contributed by atoms with Gasteiger partial charge in [0.05, 0.1) is 44.3 Å². The molecule has 0 radical (unpaired) electrons. The Morgan fingerprint density at radius 2 is 1.94 bits per heavy atom. The first-order valence-electron chi connectivity index (χ1n) is 15.5. The normalized spacial score (nSPS) is 19.4. The van der Waals surface area contributed by atoms with Crippen LogP contribution >= 0.6 is 19.5 Å². The lowest BCUT2D eigenvalue weighted by atomic mass is 9.96. The highest BCUT2D eigenvalue weighted by Crippen LogP contribution is 2.46. The summed E-state index contributed by atoms with van der Waals surface area (Å²) in [5.41, 5.74) is 6.95. The van der Waals surface area contributed by atoms with E-state index in [1.165, 1.54) is 0 Å². The molecular weight excluding hydrogens is 649 g/mol. The van der Waals surface area contributed by atoms with Crippen LogP contribution in [0.1, 0.15) is 52.8 Å². The second-order valence-electron chi connectivity index (χ2n) is 11.5. The van der Waals surface area contributed by atoms with Crippen molar-refractivity contribution in [3.05, 3.63) is 42.2 Å². The van der Waals surface area contributed by atoms with Crippen molar-refractivity contribution in [1.82, 2.24) is 29.9 Å². The fraction of sp³-hybridized carbons (Fsp3) is 0.567. The number of hydrogen-bond acceptors (Lipinski definition) is 13. The molecule has 1 aliphatic heterocycles. The van der Waals surface area contributed by atoms with Crippen molar-refractivity contribution >= 4 is 47.8 Å². The molecule has 0 saturated carbocycles. The van der Waals surface area contributed by atoms with Crippen molar-refractivity contribution in [2.45, 2.75) is 59.9 Å². The van der Waals surface area contributed by atoms with Crippen molar-refractivity contribution < 1.29 is 37.4 Å². The van der Waals surface area contributed by atoms with Crippen molar-refractivity contribution in [3.8, 4) is 5.88 Å². The number of ether oxygens (including phenoxy) is 3. The van der Waals surface area contributed by atoms with E-state index in [1.54, 1.807) is 31.7 Å². The smallest absolute Gasteiger partial charge is 0.407 e. The molecule has 258 valence electrons. The second-order valence-corrected chi connectivity index (χ2v) is 14.4. The van der Waals surface area contributed by atoms with Crippen molar-refractivity contribution in [2.24, 2.45) is 11.3 Å². The molecule has 4 rings (SSSR count). The highest BCUT2D eigenvalue weighted by Gasteiger charge is 2.37. The molecule has 1 saturated heterocycles. The number of rotatable bonds is 17. The summed E-state index contributed by atoms with van der Waals surface area (Å²) < 4.78 is 44.2. The van der Waals surface area contributed by atoms with Crippen molar-refractivity contribution in [1.29, 1.82) is 0 Å². The number of imidazole rings is 1. The Hall–Kier alpha value is -3.27. The summed E-state index contributed by atoms with van der Waals surface area (Å²) in [4.78, 5) is 37.4. The molecule has 15 nitrogen and oxygen atoms in total. The predicted octanol–water partition coefficient (Wildman–Crippen LogP) is 4.69. The van der Waals surface area contributed by atoms with Gasteiger partial charge in [0.15, 0.2) is 16.3 Å². The molecule has 0 aliphatic carbocycles. The quantitative estimate of drug-likeness (QED) is 0.130. The highest BCUT2D eigenvalue weighted by atomic mass is 32.2. The number of nitrogens with zero attached hydrogens (tertiary/aromatic N) is 4. The van der Waals surface area contributed by atoms with Gasteiger partial charge in [-0.2, -0.15) is 9.97 Å². The molecule has 1 aromatic carbocycles. The number of carbonyl (C=O) groups excluding carboxylic acids is 2. The van der Waals surface area contributed by atoms with Crippen LogP contribution in [0.3, 0.4) is 0 Å². The largest absolute Gasteiger partial charge is 0.476 e. The SMILES string of the molecule is CCOC(=O)NCC(C)(C)C(=O)SCCOP(=O)(NCc1ccccc1)OCC1CC(C)C(n2cnc3c(OCC)nc(N)nc32)O1. The van der Waals surface area contributed by atoms with Crippen LogP contribution in [0.4, 0.5) is 10.7 Å². The van der Waals surface area contributed by atoms with Gasteiger partial charge in [-0.15, -0.1) is 0 Å². The average molecular weight is 694 g/mol. The van der Waals surface area contributed by atoms with E-state index >= 15 is 0 Å². The minimum Gasteiger partial charge on any atom is -0.476 e. The number of aromatic nitrogens is 4. The number of benzene rings is 1. The maximum atomic E-state index is 13.9. The van der Waals surface area contributed by atoms with E-state index in [9.17, 15) is 14.2 Å². The summed E-state index contributed by atoms with van der Waals surface area (Å²) in [6.45, 7) is 10.0. The Morgan fingerprint density at radius 3 is 2.66 bits per heavy atom. The standard InChI is InChI=1S/C30H44N7O8PS/c1-6-41-25-23-24(35-28(31)36-25)37(19-33-23)26-20(3)15-22(45-26)17-44-46(40,34-16-21-11-9-8-10-12-21)43-13-14-47-27(38)30(4,5)18-32-29(39)42-7-2/h8-12,19-20,22,26H,6-7,13-18H2,1-5H3,(H,32,39)(H,34,40)(H2,31,35,36). The Balaban J connectivity index is 1.36. The summed E-state index contributed by atoms with van der Waals surface area (Å²) in [6.07, 6.45) is 0.815. The van der Waals surface area contributed by atoms with Gasteiger partial charge in [-0.3, -0.25) is 18.4 Å². The van der Waals surface area contributed by atoms with E-state index in [0.717, 1.165) is 17.3 Å². The van der Waals surface area contributed by atoms with Crippen molar-refractivity contribution in [3.63, 3.8) is 0 Å². The molecule has 1 aliphatic rings. The minimum atomic E-state index is -3.83. The molecule has 0 spiro atoms.